The molecule has 558 valence electrons. The van der Waals surface area contributed by atoms with Crippen molar-refractivity contribution in [2.45, 2.75) is 215 Å². The van der Waals surface area contributed by atoms with E-state index in [0.717, 1.165) is 0 Å². The molecule has 0 saturated carbocycles. The highest BCUT2D eigenvalue weighted by Gasteiger charge is 2.62. The van der Waals surface area contributed by atoms with Crippen molar-refractivity contribution < 1.29 is 166 Å². The van der Waals surface area contributed by atoms with Gasteiger partial charge in [-0.15, -0.1) is 0 Å². The zero-order valence-electron chi connectivity index (χ0n) is 58.2. The third kappa shape index (κ3) is 16.8. The third-order valence-corrected chi connectivity index (χ3v) is 18.8. The largest absolute Gasteiger partial charge is 0.382 e. The van der Waals surface area contributed by atoms with Gasteiger partial charge in [-0.05, 0) is 0 Å². The molecule has 35 nitrogen and oxygen atoms in total. The molecule has 21 aliphatic rings. The van der Waals surface area contributed by atoms with E-state index in [0.29, 0.717) is 12.6 Å². The van der Waals surface area contributed by atoms with Crippen LogP contribution in [0.5, 0.6) is 0 Å². The van der Waals surface area contributed by atoms with E-state index in [2.05, 4.69) is 0 Å². The molecule has 35 atom stereocenters. The Kier molecular flexibility index (Phi) is 32.0. The highest BCUT2D eigenvalue weighted by atomic mass is 16.8. The van der Waals surface area contributed by atoms with E-state index in [1.807, 2.05) is 0 Å². The van der Waals surface area contributed by atoms with Gasteiger partial charge in [-0.3, -0.25) is 0 Å². The first kappa shape index (κ1) is 79.7. The fraction of sp³-hybridized carbons (Fsp3) is 0.967. The molecule has 0 radical (unpaired) electrons. The standard InChI is InChI=1S/C61H104O35/c1-64-22-29-36-43(71-8)50(78-15)57(85-29)90-34-27(20-62)84-56(49(77-14)41(34)69-6)93-37-30(23-65-2)87-59(52(80-17)44(37)72-9)95-39-32(25-67-4)89-61(54(82-19)46(39)74-11)96-40-33(26-68-5)88-60(53(81-18)47(40)75-12)94-38-31(24-66-3)86-58(51(79-16)45(38)73-10)91-35-28(21-63)83-55(92-36)48(76-13)42(35)70-7/h20-21,27-61H,22-26H2,1-19H3/t27-,28-,29-,30-,31-,32-,33-,34-,35-,36-,37-,38-,39-,40-,41+,42+,43+,44+,45+,46+,47+,48-,49-,50-,51-,52-,53-,54-,55-,56-,57-,58-,59-,60-,61-/m1/s1. The highest BCUT2D eigenvalue weighted by molar-refractivity contribution is 5.58. The lowest BCUT2D eigenvalue weighted by Gasteiger charge is -2.52. The van der Waals surface area contributed by atoms with Gasteiger partial charge in [0.1, 0.15) is 171 Å². The lowest BCUT2D eigenvalue weighted by atomic mass is 9.94. The maximum Gasteiger partial charge on any atom is 0.187 e. The molecular weight excluding hydrogens is 1290 g/mol. The van der Waals surface area contributed by atoms with Gasteiger partial charge in [-0.1, -0.05) is 0 Å². The molecule has 21 aliphatic heterocycles. The molecule has 21 heterocycles. The number of aldehydes is 2. The van der Waals surface area contributed by atoms with Crippen molar-refractivity contribution in [3.63, 3.8) is 0 Å². The van der Waals surface area contributed by atoms with Crippen LogP contribution in [0.4, 0.5) is 0 Å². The topological polar surface area (TPSA) is 339 Å². The fourth-order valence-electron chi connectivity index (χ4n) is 14.4. The molecule has 96 heavy (non-hydrogen) atoms. The minimum Gasteiger partial charge on any atom is -0.382 e. The zero-order chi connectivity index (χ0) is 69.5. The Morgan fingerprint density at radius 1 is 0.198 bits per heavy atom. The second-order valence-corrected chi connectivity index (χ2v) is 23.7. The van der Waals surface area contributed by atoms with Crippen molar-refractivity contribution in [3.8, 4) is 0 Å². The third-order valence-electron chi connectivity index (χ3n) is 18.8. The Morgan fingerprint density at radius 3 is 0.490 bits per heavy atom. The first-order valence-corrected chi connectivity index (χ1v) is 31.6. The van der Waals surface area contributed by atoms with Gasteiger partial charge >= 0.3 is 0 Å². The van der Waals surface area contributed by atoms with Crippen molar-refractivity contribution in [2.24, 2.45) is 0 Å². The average Bonchev–Trinajstić information content (AvgIpc) is 0.770. The highest BCUT2D eigenvalue weighted by Crippen LogP contribution is 2.43. The van der Waals surface area contributed by atoms with Gasteiger partial charge in [0.25, 0.3) is 0 Å². The van der Waals surface area contributed by atoms with E-state index in [4.69, 9.17) is 156 Å². The number of carbonyl (C=O) groups is 2. The summed E-state index contributed by atoms with van der Waals surface area (Å²) < 4.78 is 211. The molecule has 21 saturated heterocycles. The van der Waals surface area contributed by atoms with Gasteiger partial charge in [0, 0.05) is 135 Å². The second kappa shape index (κ2) is 38.5. The van der Waals surface area contributed by atoms with Gasteiger partial charge in [0.2, 0.25) is 0 Å². The van der Waals surface area contributed by atoms with Crippen LogP contribution in [0.1, 0.15) is 0 Å². The summed E-state index contributed by atoms with van der Waals surface area (Å²) in [7, 11) is 27.6. The summed E-state index contributed by atoms with van der Waals surface area (Å²) in [4.78, 5) is 26.9. The van der Waals surface area contributed by atoms with E-state index in [1.54, 1.807) is 0 Å². The van der Waals surface area contributed by atoms with Gasteiger partial charge < -0.3 is 166 Å². The Bertz CT molecular complexity index is 2220. The first-order chi connectivity index (χ1) is 46.7. The average molecular weight is 1400 g/mol. The van der Waals surface area contributed by atoms with E-state index < -0.39 is 215 Å². The van der Waals surface area contributed by atoms with Crippen molar-refractivity contribution in [2.75, 3.05) is 168 Å². The summed E-state index contributed by atoms with van der Waals surface area (Å²) >= 11 is 0. The quantitative estimate of drug-likeness (QED) is 0.0816. The Morgan fingerprint density at radius 2 is 0.344 bits per heavy atom. The van der Waals surface area contributed by atoms with Crippen molar-refractivity contribution in [1.29, 1.82) is 0 Å². The zero-order valence-corrected chi connectivity index (χ0v) is 58.2. The molecule has 21 fully saturated rings. The van der Waals surface area contributed by atoms with Crippen molar-refractivity contribution in [3.05, 3.63) is 0 Å². The van der Waals surface area contributed by atoms with Gasteiger partial charge in [0.05, 0.1) is 33.0 Å². The van der Waals surface area contributed by atoms with Crippen LogP contribution in [0.25, 0.3) is 0 Å². The molecule has 0 aromatic carbocycles. The first-order valence-electron chi connectivity index (χ1n) is 31.6. The molecule has 0 aromatic heterocycles. The summed E-state index contributed by atoms with van der Waals surface area (Å²) in [5.74, 6) is 0. The fourth-order valence-corrected chi connectivity index (χ4v) is 14.4. The van der Waals surface area contributed by atoms with E-state index in [9.17, 15) is 9.59 Å². The number of carbonyl (C=O) groups excluding carboxylic acids is 2. The lowest BCUT2D eigenvalue weighted by molar-refractivity contribution is -0.401. The predicted molar refractivity (Wildman–Crippen MR) is 317 cm³/mol. The van der Waals surface area contributed by atoms with E-state index in [-0.39, 0.29) is 33.0 Å². The van der Waals surface area contributed by atoms with Crippen LogP contribution in [-0.2, 0) is 166 Å². The minimum absolute atomic E-state index is 0.0667. The molecular formula is C61H104O35. The number of hydrogen-bond donors (Lipinski definition) is 0. The number of rotatable bonds is 26. The molecule has 14 bridgehead atoms. The smallest absolute Gasteiger partial charge is 0.187 e. The van der Waals surface area contributed by atoms with Crippen LogP contribution in [0.15, 0.2) is 0 Å². The summed E-state index contributed by atoms with van der Waals surface area (Å²) in [6.45, 7) is -0.452. The minimum atomic E-state index is -1.43. The van der Waals surface area contributed by atoms with Gasteiger partial charge in [-0.25, -0.2) is 0 Å². The SMILES string of the molecule is COC[C@H]1O[C@@H]2O[C@H]3[C@H](OC)[C@@H](OC)[C@@H](O[C@H]4[C@H](OC)[C@@H](OC)[C@@H](O[C@H]5[C@H](OC)[C@@H](OC)[C@@H](O[C@H]6[C@H](OC)[C@@H](OC)[C@@H](O[C@H]7[C@H](OC)[C@@H](OC)[C@@H](O[C@H]8[C@H](OC)[C@@H](OC)[C@@H](O[C@H]1[C@H](OC)[C@H]2OC)O[C@@H]8C=O)O[C@@H]7COC)O[C@@H]6COC)O[C@@H]5COC)O[C@@H]4COC)O[C@@H]3C=O. The summed E-state index contributed by atoms with van der Waals surface area (Å²) in [6, 6.07) is 0. The molecule has 0 unspecified atom stereocenters. The van der Waals surface area contributed by atoms with Crippen molar-refractivity contribution >= 4 is 12.6 Å². The lowest BCUT2D eigenvalue weighted by Crippen LogP contribution is -2.69. The maximum absolute atomic E-state index is 13.5. The maximum atomic E-state index is 13.5. The van der Waals surface area contributed by atoms with E-state index >= 15 is 0 Å². The molecule has 0 amide bonds. The molecule has 0 N–H and O–H groups in total. The summed E-state index contributed by atoms with van der Waals surface area (Å²) in [5.41, 5.74) is 0. The molecule has 0 spiro atoms. The second-order valence-electron chi connectivity index (χ2n) is 23.7. The molecule has 35 heteroatoms. The Hall–Kier alpha value is -1.98. The van der Waals surface area contributed by atoms with Crippen LogP contribution < -0.4 is 0 Å². The number of ether oxygens (including phenoxy) is 33. The molecule has 0 aliphatic carbocycles. The Balaban J connectivity index is 1.22. The van der Waals surface area contributed by atoms with Gasteiger partial charge in [-0.2, -0.15) is 0 Å². The Labute approximate surface area is 560 Å². The van der Waals surface area contributed by atoms with Crippen LogP contribution in [-0.4, -0.2) is 396 Å². The summed E-state index contributed by atoms with van der Waals surface area (Å²) in [6.07, 6.45) is -38.9. The molecule has 21 rings (SSSR count). The number of hydrogen-bond acceptors (Lipinski definition) is 35. The van der Waals surface area contributed by atoms with Crippen LogP contribution in [0.3, 0.4) is 0 Å². The van der Waals surface area contributed by atoms with Crippen LogP contribution in [0.2, 0.25) is 0 Å². The predicted octanol–water partition coefficient (Wildman–Crippen LogP) is -2.39. The van der Waals surface area contributed by atoms with Gasteiger partial charge in [0.15, 0.2) is 56.6 Å². The van der Waals surface area contributed by atoms with E-state index in [1.165, 1.54) is 135 Å². The van der Waals surface area contributed by atoms with Crippen LogP contribution in [0, 0.1) is 0 Å². The van der Waals surface area contributed by atoms with Crippen LogP contribution >= 0.6 is 0 Å². The van der Waals surface area contributed by atoms with Crippen molar-refractivity contribution in [1.82, 2.24) is 0 Å². The number of methoxy groups -OCH3 is 19. The molecule has 0 aromatic rings. The normalized spacial score (nSPS) is 46.7. The summed E-state index contributed by atoms with van der Waals surface area (Å²) in [5, 5.41) is 0. The monoisotopic (exact) mass is 1400 g/mol.